The molecule has 0 N–H and O–H groups in total. The molecule has 0 saturated heterocycles. The molecule has 0 unspecified atom stereocenters. The SMILES string of the molecule is COC(=O)c1coc(/C=C\I)n1. The molecule has 0 spiro atoms. The third-order valence-corrected chi connectivity index (χ3v) is 1.48. The molecule has 64 valence electrons. The van der Waals surface area contributed by atoms with Crippen molar-refractivity contribution in [3.63, 3.8) is 0 Å². The average Bonchev–Trinajstić information content (AvgIpc) is 2.52. The highest BCUT2D eigenvalue weighted by Gasteiger charge is 2.09. The van der Waals surface area contributed by atoms with Crippen LogP contribution < -0.4 is 0 Å². The highest BCUT2D eigenvalue weighted by Crippen LogP contribution is 2.05. The predicted octanol–water partition coefficient (Wildman–Crippen LogP) is 1.87. The minimum absolute atomic E-state index is 0.182. The summed E-state index contributed by atoms with van der Waals surface area (Å²) in [5.41, 5.74) is 0.182. The van der Waals surface area contributed by atoms with E-state index in [-0.39, 0.29) is 5.69 Å². The van der Waals surface area contributed by atoms with Crippen LogP contribution in [0.15, 0.2) is 14.8 Å². The van der Waals surface area contributed by atoms with Crippen molar-refractivity contribution < 1.29 is 13.9 Å². The number of ether oxygens (including phenoxy) is 1. The van der Waals surface area contributed by atoms with Crippen molar-refractivity contribution in [1.29, 1.82) is 0 Å². The lowest BCUT2D eigenvalue weighted by atomic mass is 10.5. The molecular formula is C7H6INO3. The molecule has 1 heterocycles. The molecule has 1 aromatic heterocycles. The van der Waals surface area contributed by atoms with E-state index in [1.165, 1.54) is 13.4 Å². The Balaban J connectivity index is 2.84. The van der Waals surface area contributed by atoms with Crippen LogP contribution in [0.1, 0.15) is 16.4 Å². The summed E-state index contributed by atoms with van der Waals surface area (Å²) in [6.45, 7) is 0. The van der Waals surface area contributed by atoms with Crippen molar-refractivity contribution >= 4 is 34.6 Å². The third-order valence-electron chi connectivity index (χ3n) is 1.12. The number of carbonyl (C=O) groups is 1. The maximum Gasteiger partial charge on any atom is 0.360 e. The average molecular weight is 279 g/mol. The fourth-order valence-corrected chi connectivity index (χ4v) is 0.924. The second kappa shape index (κ2) is 4.24. The van der Waals surface area contributed by atoms with Gasteiger partial charge in [-0.15, -0.1) is 0 Å². The molecule has 0 radical (unpaired) electrons. The molecule has 0 aromatic carbocycles. The van der Waals surface area contributed by atoms with Gasteiger partial charge in [-0.05, 0) is 4.08 Å². The Morgan fingerprint density at radius 1 is 1.83 bits per heavy atom. The molecule has 0 fully saturated rings. The number of methoxy groups -OCH3 is 1. The molecule has 0 aliphatic rings. The van der Waals surface area contributed by atoms with Gasteiger partial charge in [0, 0.05) is 6.08 Å². The molecule has 0 amide bonds. The van der Waals surface area contributed by atoms with Crippen molar-refractivity contribution in [1.82, 2.24) is 4.98 Å². The Kier molecular flexibility index (Phi) is 3.27. The van der Waals surface area contributed by atoms with Crippen LogP contribution in [0.2, 0.25) is 0 Å². The van der Waals surface area contributed by atoms with Crippen molar-refractivity contribution in [3.05, 3.63) is 21.9 Å². The number of esters is 1. The molecular weight excluding hydrogens is 273 g/mol. The van der Waals surface area contributed by atoms with Gasteiger partial charge in [0.05, 0.1) is 7.11 Å². The first kappa shape index (κ1) is 9.24. The summed E-state index contributed by atoms with van der Waals surface area (Å²) < 4.78 is 11.1. The van der Waals surface area contributed by atoms with Crippen LogP contribution in [0.3, 0.4) is 0 Å². The van der Waals surface area contributed by atoms with Crippen LogP contribution in [-0.2, 0) is 4.74 Å². The minimum Gasteiger partial charge on any atom is -0.464 e. The third kappa shape index (κ3) is 2.07. The maximum absolute atomic E-state index is 10.9. The van der Waals surface area contributed by atoms with E-state index >= 15 is 0 Å². The summed E-state index contributed by atoms with van der Waals surface area (Å²) in [4.78, 5) is 14.7. The first-order valence-corrected chi connectivity index (χ1v) is 4.33. The summed E-state index contributed by atoms with van der Waals surface area (Å²) in [6.07, 6.45) is 2.91. The van der Waals surface area contributed by atoms with E-state index in [0.29, 0.717) is 5.89 Å². The van der Waals surface area contributed by atoms with Gasteiger partial charge in [-0.2, -0.15) is 0 Å². The van der Waals surface area contributed by atoms with Crippen LogP contribution in [0.5, 0.6) is 0 Å². The van der Waals surface area contributed by atoms with Gasteiger partial charge in [0.2, 0.25) is 5.89 Å². The van der Waals surface area contributed by atoms with Crippen LogP contribution in [0.25, 0.3) is 6.08 Å². The second-order valence-corrected chi connectivity index (χ2v) is 2.57. The number of oxazole rings is 1. The van der Waals surface area contributed by atoms with E-state index in [1.807, 2.05) is 22.6 Å². The zero-order valence-corrected chi connectivity index (χ0v) is 8.44. The second-order valence-electron chi connectivity index (χ2n) is 1.86. The largest absolute Gasteiger partial charge is 0.464 e. The van der Waals surface area contributed by atoms with Crippen LogP contribution in [0.4, 0.5) is 0 Å². The molecule has 0 bridgehead atoms. The number of aromatic nitrogens is 1. The zero-order valence-electron chi connectivity index (χ0n) is 6.28. The molecule has 0 aliphatic carbocycles. The fourth-order valence-electron chi connectivity index (χ4n) is 0.616. The summed E-state index contributed by atoms with van der Waals surface area (Å²) >= 11 is 2.03. The van der Waals surface area contributed by atoms with Gasteiger partial charge in [-0.3, -0.25) is 0 Å². The summed E-state index contributed by atoms with van der Waals surface area (Å²) in [5, 5.41) is 0. The van der Waals surface area contributed by atoms with E-state index in [9.17, 15) is 4.79 Å². The fraction of sp³-hybridized carbons (Fsp3) is 0.143. The van der Waals surface area contributed by atoms with Gasteiger partial charge in [-0.25, -0.2) is 9.78 Å². The standard InChI is InChI=1S/C7H6INO3/c1-11-7(10)5-4-12-6(9-5)2-3-8/h2-4H,1H3/b3-2-. The lowest BCUT2D eigenvalue weighted by Gasteiger charge is -1.88. The number of hydrogen-bond donors (Lipinski definition) is 0. The number of halogens is 1. The summed E-state index contributed by atoms with van der Waals surface area (Å²) in [5.74, 6) is -0.100. The van der Waals surface area contributed by atoms with E-state index in [2.05, 4.69) is 9.72 Å². The van der Waals surface area contributed by atoms with E-state index in [0.717, 1.165) is 0 Å². The molecule has 1 aromatic rings. The van der Waals surface area contributed by atoms with E-state index in [1.54, 1.807) is 10.2 Å². The van der Waals surface area contributed by atoms with E-state index in [4.69, 9.17) is 4.42 Å². The van der Waals surface area contributed by atoms with Crippen molar-refractivity contribution in [2.45, 2.75) is 0 Å². The van der Waals surface area contributed by atoms with Gasteiger partial charge in [0.1, 0.15) is 6.26 Å². The normalized spacial score (nSPS) is 10.5. The lowest BCUT2D eigenvalue weighted by molar-refractivity contribution is 0.0594. The van der Waals surface area contributed by atoms with Crippen LogP contribution in [0, 0.1) is 0 Å². The molecule has 0 atom stereocenters. The van der Waals surface area contributed by atoms with E-state index < -0.39 is 5.97 Å². The number of carbonyl (C=O) groups excluding carboxylic acids is 1. The Morgan fingerprint density at radius 2 is 2.58 bits per heavy atom. The van der Waals surface area contributed by atoms with Gasteiger partial charge in [-0.1, -0.05) is 22.6 Å². The monoisotopic (exact) mass is 279 g/mol. The van der Waals surface area contributed by atoms with Crippen LogP contribution >= 0.6 is 22.6 Å². The first-order chi connectivity index (χ1) is 5.77. The summed E-state index contributed by atoms with van der Waals surface area (Å²) in [7, 11) is 1.30. The van der Waals surface area contributed by atoms with Gasteiger partial charge < -0.3 is 9.15 Å². The lowest BCUT2D eigenvalue weighted by Crippen LogP contribution is -2.00. The maximum atomic E-state index is 10.9. The Labute approximate surface area is 82.8 Å². The Morgan fingerprint density at radius 3 is 3.17 bits per heavy atom. The smallest absolute Gasteiger partial charge is 0.360 e. The Bertz CT molecular complexity index is 305. The summed E-state index contributed by atoms with van der Waals surface area (Å²) in [6, 6.07) is 0. The molecule has 12 heavy (non-hydrogen) atoms. The molecule has 0 saturated carbocycles. The Hall–Kier alpha value is -0.850. The first-order valence-electron chi connectivity index (χ1n) is 3.08. The van der Waals surface area contributed by atoms with Crippen molar-refractivity contribution in [2.24, 2.45) is 0 Å². The van der Waals surface area contributed by atoms with Gasteiger partial charge >= 0.3 is 5.97 Å². The molecule has 5 heteroatoms. The topological polar surface area (TPSA) is 52.3 Å². The molecule has 0 aliphatic heterocycles. The zero-order chi connectivity index (χ0) is 8.97. The number of rotatable bonds is 2. The minimum atomic E-state index is -0.494. The van der Waals surface area contributed by atoms with Gasteiger partial charge in [0.15, 0.2) is 5.69 Å². The predicted molar refractivity (Wildman–Crippen MR) is 50.9 cm³/mol. The van der Waals surface area contributed by atoms with Crippen molar-refractivity contribution in [2.75, 3.05) is 7.11 Å². The highest BCUT2D eigenvalue weighted by molar-refractivity contribution is 14.1. The van der Waals surface area contributed by atoms with Crippen LogP contribution in [-0.4, -0.2) is 18.1 Å². The van der Waals surface area contributed by atoms with Gasteiger partial charge in [0.25, 0.3) is 0 Å². The number of hydrogen-bond acceptors (Lipinski definition) is 4. The highest BCUT2D eigenvalue weighted by atomic mass is 127. The molecule has 1 rings (SSSR count). The quantitative estimate of drug-likeness (QED) is 0.612. The number of nitrogens with zero attached hydrogens (tertiary/aromatic N) is 1. The van der Waals surface area contributed by atoms with Crippen molar-refractivity contribution in [3.8, 4) is 0 Å². The molecule has 4 nitrogen and oxygen atoms in total.